The summed E-state index contributed by atoms with van der Waals surface area (Å²) in [6.07, 6.45) is 3.09. The van der Waals surface area contributed by atoms with E-state index < -0.39 is 10.0 Å². The second-order valence-corrected chi connectivity index (χ2v) is 7.76. The Hall–Kier alpha value is -2.44. The van der Waals surface area contributed by atoms with Gasteiger partial charge in [0.05, 0.1) is 17.6 Å². The van der Waals surface area contributed by atoms with Crippen molar-refractivity contribution in [2.45, 2.75) is 6.54 Å². The van der Waals surface area contributed by atoms with Gasteiger partial charge < -0.3 is 0 Å². The maximum absolute atomic E-state index is 11.8. The third-order valence-corrected chi connectivity index (χ3v) is 5.08. The SMILES string of the molecule is CN(Cc1cn(-c2ccccc2)nc1-c1ccccc1)S(C)(=O)=O. The number of nitrogens with zero attached hydrogens (tertiary/aromatic N) is 3. The first-order valence-corrected chi connectivity index (χ1v) is 9.40. The minimum atomic E-state index is -3.26. The predicted octanol–water partition coefficient (Wildman–Crippen LogP) is 2.93. The van der Waals surface area contributed by atoms with Crippen molar-refractivity contribution in [1.29, 1.82) is 0 Å². The summed E-state index contributed by atoms with van der Waals surface area (Å²) >= 11 is 0. The first kappa shape index (κ1) is 16.4. The van der Waals surface area contributed by atoms with Crippen molar-refractivity contribution in [2.75, 3.05) is 13.3 Å². The van der Waals surface area contributed by atoms with E-state index in [2.05, 4.69) is 5.10 Å². The summed E-state index contributed by atoms with van der Waals surface area (Å²) in [5.74, 6) is 0. The Morgan fingerprint density at radius 1 is 1.00 bits per heavy atom. The molecule has 0 fully saturated rings. The van der Waals surface area contributed by atoms with Crippen molar-refractivity contribution in [3.63, 3.8) is 0 Å². The van der Waals surface area contributed by atoms with Gasteiger partial charge >= 0.3 is 0 Å². The normalized spacial score (nSPS) is 11.8. The molecule has 6 heteroatoms. The smallest absolute Gasteiger partial charge is 0.211 e. The summed E-state index contributed by atoms with van der Waals surface area (Å²) in [6, 6.07) is 19.6. The molecule has 124 valence electrons. The Kier molecular flexibility index (Phi) is 4.51. The largest absolute Gasteiger partial charge is 0.240 e. The second kappa shape index (κ2) is 6.59. The summed E-state index contributed by atoms with van der Waals surface area (Å²) in [6.45, 7) is 0.274. The first-order chi connectivity index (χ1) is 11.4. The summed E-state index contributed by atoms with van der Waals surface area (Å²) in [4.78, 5) is 0. The van der Waals surface area contributed by atoms with E-state index in [9.17, 15) is 8.42 Å². The zero-order chi connectivity index (χ0) is 17.2. The topological polar surface area (TPSA) is 55.2 Å². The van der Waals surface area contributed by atoms with Crippen LogP contribution in [0.5, 0.6) is 0 Å². The van der Waals surface area contributed by atoms with Gasteiger partial charge in [-0.25, -0.2) is 17.4 Å². The molecule has 1 heterocycles. The van der Waals surface area contributed by atoms with Crippen LogP contribution in [0.3, 0.4) is 0 Å². The number of rotatable bonds is 5. The van der Waals surface area contributed by atoms with E-state index in [0.29, 0.717) is 0 Å². The summed E-state index contributed by atoms with van der Waals surface area (Å²) < 4.78 is 26.6. The first-order valence-electron chi connectivity index (χ1n) is 7.56. The molecule has 0 saturated carbocycles. The maximum Gasteiger partial charge on any atom is 0.211 e. The lowest BCUT2D eigenvalue weighted by molar-refractivity contribution is 0.472. The summed E-state index contributed by atoms with van der Waals surface area (Å²) in [5.41, 5.74) is 3.54. The van der Waals surface area contributed by atoms with Crippen LogP contribution >= 0.6 is 0 Å². The molecule has 5 nitrogen and oxygen atoms in total. The number of sulfonamides is 1. The van der Waals surface area contributed by atoms with Crippen LogP contribution in [0.2, 0.25) is 0 Å². The molecule has 1 aromatic heterocycles. The highest BCUT2D eigenvalue weighted by Crippen LogP contribution is 2.25. The Labute approximate surface area is 142 Å². The van der Waals surface area contributed by atoms with Gasteiger partial charge in [-0.15, -0.1) is 0 Å². The third-order valence-electron chi connectivity index (χ3n) is 3.82. The average Bonchev–Trinajstić information content (AvgIpc) is 2.99. The van der Waals surface area contributed by atoms with E-state index in [4.69, 9.17) is 0 Å². The summed E-state index contributed by atoms with van der Waals surface area (Å²) in [5, 5.41) is 4.68. The van der Waals surface area contributed by atoms with Gasteiger partial charge in [0.15, 0.2) is 0 Å². The second-order valence-electron chi connectivity index (χ2n) is 5.67. The van der Waals surface area contributed by atoms with E-state index in [0.717, 1.165) is 22.5 Å². The van der Waals surface area contributed by atoms with Crippen molar-refractivity contribution in [2.24, 2.45) is 0 Å². The molecule has 0 radical (unpaired) electrons. The van der Waals surface area contributed by atoms with E-state index in [1.165, 1.54) is 10.6 Å². The number of hydrogen-bond donors (Lipinski definition) is 0. The number of hydrogen-bond acceptors (Lipinski definition) is 3. The lowest BCUT2D eigenvalue weighted by Crippen LogP contribution is -2.24. The molecular weight excluding hydrogens is 322 g/mol. The minimum absolute atomic E-state index is 0.274. The van der Waals surface area contributed by atoms with Gasteiger partial charge in [-0.3, -0.25) is 0 Å². The fourth-order valence-corrected chi connectivity index (χ4v) is 2.81. The quantitative estimate of drug-likeness (QED) is 0.717. The Bertz CT molecular complexity index is 919. The van der Waals surface area contributed by atoms with Gasteiger partial charge in [0.25, 0.3) is 0 Å². The molecular formula is C18H19N3O2S. The van der Waals surface area contributed by atoms with Crippen molar-refractivity contribution < 1.29 is 8.42 Å². The third kappa shape index (κ3) is 3.55. The van der Waals surface area contributed by atoms with Crippen LogP contribution in [0.15, 0.2) is 66.9 Å². The highest BCUT2D eigenvalue weighted by Gasteiger charge is 2.18. The van der Waals surface area contributed by atoms with Crippen LogP contribution in [-0.2, 0) is 16.6 Å². The number of aromatic nitrogens is 2. The zero-order valence-electron chi connectivity index (χ0n) is 13.6. The Balaban J connectivity index is 2.07. The Morgan fingerprint density at radius 3 is 2.17 bits per heavy atom. The van der Waals surface area contributed by atoms with Crippen LogP contribution in [-0.4, -0.2) is 35.8 Å². The van der Waals surface area contributed by atoms with Crippen LogP contribution in [0.1, 0.15) is 5.56 Å². The fraction of sp³-hybridized carbons (Fsp3) is 0.167. The molecule has 0 spiro atoms. The van der Waals surface area contributed by atoms with Crippen molar-refractivity contribution in [3.8, 4) is 16.9 Å². The molecule has 3 aromatic rings. The average molecular weight is 341 g/mol. The molecule has 2 aromatic carbocycles. The standard InChI is InChI=1S/C18H19N3O2S/c1-20(24(2,22)23)13-16-14-21(17-11-7-4-8-12-17)19-18(16)15-9-5-3-6-10-15/h3-12,14H,13H2,1-2H3. The highest BCUT2D eigenvalue weighted by atomic mass is 32.2. The van der Waals surface area contributed by atoms with Crippen LogP contribution in [0.4, 0.5) is 0 Å². The molecule has 3 rings (SSSR count). The molecule has 0 aliphatic heterocycles. The van der Waals surface area contributed by atoms with Crippen molar-refractivity contribution >= 4 is 10.0 Å². The minimum Gasteiger partial charge on any atom is -0.240 e. The van der Waals surface area contributed by atoms with Crippen LogP contribution in [0.25, 0.3) is 16.9 Å². The van der Waals surface area contributed by atoms with E-state index >= 15 is 0 Å². The molecule has 0 saturated heterocycles. The lowest BCUT2D eigenvalue weighted by atomic mass is 10.1. The molecule has 0 unspecified atom stereocenters. The molecule has 0 aliphatic rings. The van der Waals surface area contributed by atoms with Gasteiger partial charge in [-0.05, 0) is 12.1 Å². The Morgan fingerprint density at radius 2 is 1.58 bits per heavy atom. The van der Waals surface area contributed by atoms with E-state index in [1.807, 2.05) is 66.9 Å². The van der Waals surface area contributed by atoms with Gasteiger partial charge in [0, 0.05) is 30.9 Å². The molecule has 0 atom stereocenters. The molecule has 0 aliphatic carbocycles. The fourth-order valence-electron chi connectivity index (χ4n) is 2.43. The predicted molar refractivity (Wildman–Crippen MR) is 95.3 cm³/mol. The summed E-state index contributed by atoms with van der Waals surface area (Å²) in [7, 11) is -1.69. The molecule has 0 N–H and O–H groups in total. The molecule has 0 amide bonds. The monoisotopic (exact) mass is 341 g/mol. The van der Waals surface area contributed by atoms with E-state index in [1.54, 1.807) is 11.7 Å². The highest BCUT2D eigenvalue weighted by molar-refractivity contribution is 7.88. The number of benzene rings is 2. The van der Waals surface area contributed by atoms with Crippen molar-refractivity contribution in [3.05, 3.63) is 72.4 Å². The number of para-hydroxylation sites is 1. The molecule has 24 heavy (non-hydrogen) atoms. The lowest BCUT2D eigenvalue weighted by Gasteiger charge is -2.13. The molecule has 0 bridgehead atoms. The van der Waals surface area contributed by atoms with Crippen LogP contribution < -0.4 is 0 Å². The van der Waals surface area contributed by atoms with Gasteiger partial charge in [0.2, 0.25) is 10.0 Å². The maximum atomic E-state index is 11.8. The zero-order valence-corrected chi connectivity index (χ0v) is 14.4. The van der Waals surface area contributed by atoms with Gasteiger partial charge in [-0.2, -0.15) is 5.10 Å². The van der Waals surface area contributed by atoms with Crippen molar-refractivity contribution in [1.82, 2.24) is 14.1 Å². The van der Waals surface area contributed by atoms with Crippen LogP contribution in [0, 0.1) is 0 Å². The van der Waals surface area contributed by atoms with Gasteiger partial charge in [-0.1, -0.05) is 48.5 Å². The van der Waals surface area contributed by atoms with E-state index in [-0.39, 0.29) is 6.54 Å². The van der Waals surface area contributed by atoms with Gasteiger partial charge in [0.1, 0.15) is 0 Å².